The van der Waals surface area contributed by atoms with Crippen molar-refractivity contribution in [2.24, 2.45) is 0 Å². The lowest BCUT2D eigenvalue weighted by molar-refractivity contribution is 0.836. The average Bonchev–Trinajstić information content (AvgIpc) is 3.68. The number of rotatable bonds is 4. The van der Waals surface area contributed by atoms with Crippen LogP contribution < -0.4 is 16.1 Å². The maximum Gasteiger partial charge on any atom is 0.116 e. The minimum Gasteiger partial charge on any atom is -0.384 e. The molecule has 0 bridgehead atoms. The molecule has 0 saturated heterocycles. The molecule has 0 amide bonds. The molecule has 0 saturated carbocycles. The van der Waals surface area contributed by atoms with Crippen LogP contribution in [0.2, 0.25) is 0 Å². The van der Waals surface area contributed by atoms with Crippen molar-refractivity contribution in [3.63, 3.8) is 0 Å². The maximum atomic E-state index is 6.04. The van der Waals surface area contributed by atoms with E-state index in [9.17, 15) is 0 Å². The van der Waals surface area contributed by atoms with Crippen molar-refractivity contribution < 1.29 is 0 Å². The molecule has 38 heavy (non-hydrogen) atoms. The molecular weight excluding hydrogens is 465 g/mol. The number of imidazole rings is 1. The number of para-hydroxylation sites is 1. The number of hydrogen-bond donors (Lipinski definition) is 4. The molecule has 5 nitrogen and oxygen atoms in total. The van der Waals surface area contributed by atoms with E-state index in [1.165, 1.54) is 38.4 Å². The zero-order chi connectivity index (χ0) is 25.2. The van der Waals surface area contributed by atoms with Gasteiger partial charge in [0.25, 0.3) is 0 Å². The van der Waals surface area contributed by atoms with Crippen LogP contribution in [0.1, 0.15) is 22.9 Å². The lowest BCUT2D eigenvalue weighted by Crippen LogP contribution is -2.05. The number of anilines is 2. The quantitative estimate of drug-likeness (QED) is 0.173. The maximum absolute atomic E-state index is 6.04. The van der Waals surface area contributed by atoms with Crippen molar-refractivity contribution in [1.82, 2.24) is 15.0 Å². The Kier molecular flexibility index (Phi) is 4.59. The number of benzene rings is 5. The first-order chi connectivity index (χ1) is 18.7. The number of H-pyrrole nitrogens is 2. The molecule has 1 aliphatic rings. The highest BCUT2D eigenvalue weighted by atomic mass is 15.0. The topological polar surface area (TPSA) is 68.5 Å². The summed E-state index contributed by atoms with van der Waals surface area (Å²) in [5, 5.41) is 13.1. The fourth-order valence-corrected chi connectivity index (χ4v) is 6.03. The van der Waals surface area contributed by atoms with Crippen molar-refractivity contribution in [2.45, 2.75) is 12.5 Å². The second-order valence-corrected chi connectivity index (χ2v) is 10.1. The summed E-state index contributed by atoms with van der Waals surface area (Å²) in [6, 6.07) is 29.7. The summed E-state index contributed by atoms with van der Waals surface area (Å²) in [6.07, 6.45) is 2.05. The predicted molar refractivity (Wildman–Crippen MR) is 159 cm³/mol. The number of hydrogen-bond acceptors (Lipinski definition) is 3. The number of aromatic nitrogens is 3. The molecule has 2 aromatic heterocycles. The third-order valence-corrected chi connectivity index (χ3v) is 7.92. The van der Waals surface area contributed by atoms with Crippen LogP contribution in [-0.2, 0) is 6.54 Å². The van der Waals surface area contributed by atoms with Gasteiger partial charge in [0.1, 0.15) is 13.7 Å². The SMILES string of the molecule is [B]c1ccc2[nH]cc(CNc3ccc4c(c3)c3ccccc3c3nc(C5CNc6ccccc65)[nH]c43)c2c1. The summed E-state index contributed by atoms with van der Waals surface area (Å²) in [4.78, 5) is 12.2. The third-order valence-electron chi connectivity index (χ3n) is 7.92. The molecule has 0 fully saturated rings. The van der Waals surface area contributed by atoms with Crippen molar-refractivity contribution in [2.75, 3.05) is 17.2 Å². The van der Waals surface area contributed by atoms with Gasteiger partial charge in [-0.25, -0.2) is 4.98 Å². The van der Waals surface area contributed by atoms with Crippen LogP contribution in [0.3, 0.4) is 0 Å². The Morgan fingerprint density at radius 1 is 0.842 bits per heavy atom. The first-order valence-electron chi connectivity index (χ1n) is 13.0. The van der Waals surface area contributed by atoms with Crippen molar-refractivity contribution in [1.29, 1.82) is 0 Å². The van der Waals surface area contributed by atoms with E-state index in [2.05, 4.69) is 93.5 Å². The van der Waals surface area contributed by atoms with Crippen LogP contribution in [0.4, 0.5) is 11.4 Å². The van der Waals surface area contributed by atoms with E-state index < -0.39 is 0 Å². The molecule has 7 aromatic rings. The van der Waals surface area contributed by atoms with E-state index in [4.69, 9.17) is 12.8 Å². The molecule has 8 rings (SSSR count). The predicted octanol–water partition coefficient (Wildman–Crippen LogP) is 6.31. The molecular formula is C32H24BN5. The monoisotopic (exact) mass is 489 g/mol. The summed E-state index contributed by atoms with van der Waals surface area (Å²) in [6.45, 7) is 1.56. The largest absolute Gasteiger partial charge is 0.384 e. The molecule has 180 valence electrons. The Morgan fingerprint density at radius 3 is 2.66 bits per heavy atom. The Labute approximate surface area is 220 Å². The number of aromatic amines is 2. The van der Waals surface area contributed by atoms with Gasteiger partial charge < -0.3 is 20.6 Å². The summed E-state index contributed by atoms with van der Waals surface area (Å²) >= 11 is 0. The van der Waals surface area contributed by atoms with E-state index in [0.717, 1.165) is 45.5 Å². The molecule has 3 heterocycles. The van der Waals surface area contributed by atoms with Crippen LogP contribution in [0.15, 0.2) is 91.1 Å². The fourth-order valence-electron chi connectivity index (χ4n) is 6.03. The average molecular weight is 489 g/mol. The molecule has 0 spiro atoms. The van der Waals surface area contributed by atoms with E-state index in [1.807, 2.05) is 18.2 Å². The van der Waals surface area contributed by atoms with Gasteiger partial charge in [-0.15, -0.1) is 0 Å². The molecule has 1 aliphatic heterocycles. The smallest absolute Gasteiger partial charge is 0.116 e. The molecule has 2 radical (unpaired) electrons. The summed E-state index contributed by atoms with van der Waals surface area (Å²) in [5.74, 6) is 1.22. The fraction of sp³-hybridized carbons (Fsp3) is 0.0938. The van der Waals surface area contributed by atoms with Crippen LogP contribution in [-0.4, -0.2) is 29.3 Å². The van der Waals surface area contributed by atoms with Gasteiger partial charge in [-0.2, -0.15) is 0 Å². The van der Waals surface area contributed by atoms with E-state index in [-0.39, 0.29) is 5.92 Å². The normalized spacial score (nSPS) is 14.9. The second-order valence-electron chi connectivity index (χ2n) is 10.1. The summed E-state index contributed by atoms with van der Waals surface area (Å²) < 4.78 is 0. The zero-order valence-corrected chi connectivity index (χ0v) is 20.7. The number of nitrogens with one attached hydrogen (secondary N) is 4. The number of nitrogens with zero attached hydrogens (tertiary/aromatic N) is 1. The highest BCUT2D eigenvalue weighted by Gasteiger charge is 2.26. The van der Waals surface area contributed by atoms with Gasteiger partial charge in [-0.1, -0.05) is 66.1 Å². The first-order valence-corrected chi connectivity index (χ1v) is 13.0. The van der Waals surface area contributed by atoms with Crippen LogP contribution in [0, 0.1) is 0 Å². The molecule has 6 heteroatoms. The summed E-state index contributed by atoms with van der Waals surface area (Å²) in [5.41, 5.74) is 8.76. The van der Waals surface area contributed by atoms with E-state index >= 15 is 0 Å². The Bertz CT molecular complexity index is 2020. The second kappa shape index (κ2) is 8.15. The van der Waals surface area contributed by atoms with Gasteiger partial charge in [0, 0.05) is 52.3 Å². The van der Waals surface area contributed by atoms with Crippen molar-refractivity contribution >= 4 is 68.2 Å². The minimum atomic E-state index is 0.207. The van der Waals surface area contributed by atoms with Gasteiger partial charge in [0.05, 0.1) is 17.0 Å². The van der Waals surface area contributed by atoms with Gasteiger partial charge in [-0.05, 0) is 46.2 Å². The van der Waals surface area contributed by atoms with Gasteiger partial charge in [0.15, 0.2) is 0 Å². The molecule has 1 atom stereocenters. The Morgan fingerprint density at radius 2 is 1.71 bits per heavy atom. The van der Waals surface area contributed by atoms with Crippen LogP contribution in [0.25, 0.3) is 43.5 Å². The highest BCUT2D eigenvalue weighted by Crippen LogP contribution is 2.39. The lowest BCUT2D eigenvalue weighted by atomic mass is 9.94. The van der Waals surface area contributed by atoms with Gasteiger partial charge in [0.2, 0.25) is 0 Å². The molecule has 0 aliphatic carbocycles. The van der Waals surface area contributed by atoms with Gasteiger partial charge >= 0.3 is 0 Å². The van der Waals surface area contributed by atoms with Crippen molar-refractivity contribution in [3.05, 3.63) is 108 Å². The first kappa shape index (κ1) is 21.4. The zero-order valence-electron chi connectivity index (χ0n) is 20.7. The van der Waals surface area contributed by atoms with Crippen LogP contribution >= 0.6 is 0 Å². The van der Waals surface area contributed by atoms with Gasteiger partial charge in [-0.3, -0.25) is 0 Å². The molecule has 1 unspecified atom stereocenters. The van der Waals surface area contributed by atoms with Crippen molar-refractivity contribution in [3.8, 4) is 0 Å². The molecule has 5 aromatic carbocycles. The Balaban J connectivity index is 1.23. The Hall–Kier alpha value is -4.71. The summed E-state index contributed by atoms with van der Waals surface area (Å²) in [7, 11) is 6.04. The van der Waals surface area contributed by atoms with E-state index in [1.54, 1.807) is 0 Å². The van der Waals surface area contributed by atoms with Crippen LogP contribution in [0.5, 0.6) is 0 Å². The third kappa shape index (κ3) is 3.23. The highest BCUT2D eigenvalue weighted by molar-refractivity contribution is 6.33. The van der Waals surface area contributed by atoms with E-state index in [0.29, 0.717) is 6.54 Å². The standard InChI is InChI=1S/C32H24BN5/c33-19-9-12-29-25(13-19)18(16-35-29)15-34-20-10-11-24-26(14-20)21-5-1-2-7-23(21)30-31(24)38-32(37-30)27-17-36-28-8-4-3-6-22(27)28/h1-14,16,27,34-36H,15,17H2,(H,37,38). The minimum absolute atomic E-state index is 0.207. The number of fused-ring (bicyclic) bond motifs is 8. The lowest BCUT2D eigenvalue weighted by Gasteiger charge is -2.10. The molecule has 4 N–H and O–H groups in total.